The van der Waals surface area contributed by atoms with E-state index in [0.717, 1.165) is 51.0 Å². The highest BCUT2D eigenvalue weighted by atomic mass is 35.5. The molecule has 1 aromatic carbocycles. The van der Waals surface area contributed by atoms with Gasteiger partial charge in [-0.2, -0.15) is 0 Å². The number of hydrogen-bond acceptors (Lipinski definition) is 2. The molecular formula is C15H20Cl2N2O. The van der Waals surface area contributed by atoms with Gasteiger partial charge in [0.1, 0.15) is 0 Å². The lowest BCUT2D eigenvalue weighted by molar-refractivity contribution is -0.130. The zero-order valence-corrected chi connectivity index (χ0v) is 13.0. The van der Waals surface area contributed by atoms with Crippen LogP contribution in [-0.4, -0.2) is 37.0 Å². The van der Waals surface area contributed by atoms with E-state index in [-0.39, 0.29) is 5.91 Å². The molecule has 0 saturated carbocycles. The van der Waals surface area contributed by atoms with Crippen LogP contribution in [-0.2, 0) is 11.2 Å². The molecule has 1 fully saturated rings. The van der Waals surface area contributed by atoms with Crippen molar-refractivity contribution >= 4 is 29.1 Å². The number of likely N-dealkylation sites (tertiary alicyclic amines) is 1. The molecule has 0 aromatic heterocycles. The number of rotatable bonds is 6. The molecule has 0 radical (unpaired) electrons. The first-order valence-electron chi connectivity index (χ1n) is 7.09. The highest BCUT2D eigenvalue weighted by Crippen LogP contribution is 2.21. The minimum atomic E-state index is 0.263. The number of carbonyl (C=O) groups is 1. The fraction of sp³-hybridized carbons (Fsp3) is 0.533. The summed E-state index contributed by atoms with van der Waals surface area (Å²) in [6.07, 6.45) is 3.71. The molecular weight excluding hydrogens is 295 g/mol. The van der Waals surface area contributed by atoms with E-state index in [9.17, 15) is 4.79 Å². The predicted octanol–water partition coefficient (Wildman–Crippen LogP) is 3.14. The van der Waals surface area contributed by atoms with Crippen LogP contribution in [0.1, 0.15) is 24.8 Å². The summed E-state index contributed by atoms with van der Waals surface area (Å²) in [5, 5.41) is 4.65. The average Bonchev–Trinajstić information content (AvgIpc) is 2.94. The van der Waals surface area contributed by atoms with Gasteiger partial charge in [0.15, 0.2) is 0 Å². The predicted molar refractivity (Wildman–Crippen MR) is 83.5 cm³/mol. The Morgan fingerprint density at radius 3 is 2.65 bits per heavy atom. The van der Waals surface area contributed by atoms with Crippen molar-refractivity contribution in [1.29, 1.82) is 0 Å². The molecule has 1 heterocycles. The first kappa shape index (κ1) is 15.6. The van der Waals surface area contributed by atoms with Crippen LogP contribution in [0.25, 0.3) is 0 Å². The van der Waals surface area contributed by atoms with Gasteiger partial charge in [-0.3, -0.25) is 4.79 Å². The Morgan fingerprint density at radius 2 is 1.95 bits per heavy atom. The van der Waals surface area contributed by atoms with Crippen molar-refractivity contribution in [1.82, 2.24) is 10.2 Å². The van der Waals surface area contributed by atoms with E-state index >= 15 is 0 Å². The van der Waals surface area contributed by atoms with Crippen LogP contribution in [0.5, 0.6) is 0 Å². The molecule has 110 valence electrons. The minimum Gasteiger partial charge on any atom is -0.343 e. The first-order valence-corrected chi connectivity index (χ1v) is 7.85. The van der Waals surface area contributed by atoms with Crippen LogP contribution in [0, 0.1) is 0 Å². The molecule has 0 spiro atoms. The normalized spacial score (nSPS) is 14.8. The third kappa shape index (κ3) is 4.65. The zero-order chi connectivity index (χ0) is 14.4. The van der Waals surface area contributed by atoms with Gasteiger partial charge in [-0.1, -0.05) is 29.3 Å². The van der Waals surface area contributed by atoms with Gasteiger partial charge in [0.2, 0.25) is 5.91 Å². The minimum absolute atomic E-state index is 0.263. The van der Waals surface area contributed by atoms with Crippen molar-refractivity contribution in [3.63, 3.8) is 0 Å². The van der Waals surface area contributed by atoms with E-state index in [1.165, 1.54) is 0 Å². The SMILES string of the molecule is O=C(CCNCCc1ccc(Cl)cc1Cl)N1CCCC1. The molecule has 3 nitrogen and oxygen atoms in total. The van der Waals surface area contributed by atoms with Crippen LogP contribution in [0.3, 0.4) is 0 Å². The first-order chi connectivity index (χ1) is 9.66. The number of carbonyl (C=O) groups excluding carboxylic acids is 1. The molecule has 1 saturated heterocycles. The molecule has 1 aliphatic heterocycles. The fourth-order valence-corrected chi connectivity index (χ4v) is 2.90. The standard InChI is InChI=1S/C15H20Cl2N2O/c16-13-4-3-12(14(17)11-13)5-7-18-8-6-15(20)19-9-1-2-10-19/h3-4,11,18H,1-2,5-10H2. The lowest BCUT2D eigenvalue weighted by atomic mass is 10.1. The largest absolute Gasteiger partial charge is 0.343 e. The monoisotopic (exact) mass is 314 g/mol. The topological polar surface area (TPSA) is 32.3 Å². The molecule has 1 aromatic rings. The number of nitrogens with one attached hydrogen (secondary N) is 1. The fourth-order valence-electron chi connectivity index (χ4n) is 2.39. The van der Waals surface area contributed by atoms with E-state index in [2.05, 4.69) is 5.32 Å². The van der Waals surface area contributed by atoms with E-state index in [0.29, 0.717) is 16.5 Å². The van der Waals surface area contributed by atoms with Gasteiger partial charge in [-0.25, -0.2) is 0 Å². The summed E-state index contributed by atoms with van der Waals surface area (Å²) in [7, 11) is 0. The Kier molecular flexibility index (Phi) is 6.14. The second-order valence-corrected chi connectivity index (χ2v) is 5.92. The summed E-state index contributed by atoms with van der Waals surface area (Å²) in [4.78, 5) is 13.8. The molecule has 2 rings (SSSR count). The van der Waals surface area contributed by atoms with Crippen molar-refractivity contribution < 1.29 is 4.79 Å². The summed E-state index contributed by atoms with van der Waals surface area (Å²) < 4.78 is 0. The van der Waals surface area contributed by atoms with Gasteiger partial charge in [-0.05, 0) is 43.5 Å². The average molecular weight is 315 g/mol. The lowest BCUT2D eigenvalue weighted by Gasteiger charge is -2.15. The summed E-state index contributed by atoms with van der Waals surface area (Å²) >= 11 is 12.0. The smallest absolute Gasteiger partial charge is 0.223 e. The van der Waals surface area contributed by atoms with Gasteiger partial charge < -0.3 is 10.2 Å². The molecule has 0 aliphatic carbocycles. The Balaban J connectivity index is 1.62. The highest BCUT2D eigenvalue weighted by Gasteiger charge is 2.16. The molecule has 20 heavy (non-hydrogen) atoms. The van der Waals surface area contributed by atoms with Gasteiger partial charge in [0, 0.05) is 36.1 Å². The summed E-state index contributed by atoms with van der Waals surface area (Å²) in [5.74, 6) is 0.263. The number of nitrogens with zero attached hydrogens (tertiary/aromatic N) is 1. The quantitative estimate of drug-likeness (QED) is 0.818. The van der Waals surface area contributed by atoms with Crippen LogP contribution in [0.15, 0.2) is 18.2 Å². The Morgan fingerprint density at radius 1 is 1.20 bits per heavy atom. The molecule has 1 amide bonds. The van der Waals surface area contributed by atoms with Gasteiger partial charge in [0.25, 0.3) is 0 Å². The number of halogens is 2. The second kappa shape index (κ2) is 7.87. The molecule has 0 atom stereocenters. The van der Waals surface area contributed by atoms with Crippen molar-refractivity contribution in [3.8, 4) is 0 Å². The van der Waals surface area contributed by atoms with Crippen LogP contribution < -0.4 is 5.32 Å². The van der Waals surface area contributed by atoms with Gasteiger partial charge in [0.05, 0.1) is 0 Å². The number of benzene rings is 1. The zero-order valence-electron chi connectivity index (χ0n) is 11.5. The molecule has 1 N–H and O–H groups in total. The van der Waals surface area contributed by atoms with E-state index in [1.807, 2.05) is 17.0 Å². The second-order valence-electron chi connectivity index (χ2n) is 5.07. The van der Waals surface area contributed by atoms with Gasteiger partial charge in [-0.15, -0.1) is 0 Å². The van der Waals surface area contributed by atoms with Crippen molar-refractivity contribution in [2.24, 2.45) is 0 Å². The molecule has 1 aliphatic rings. The number of amides is 1. The maximum absolute atomic E-state index is 11.8. The van der Waals surface area contributed by atoms with Crippen LogP contribution in [0.4, 0.5) is 0 Å². The van der Waals surface area contributed by atoms with Crippen LogP contribution in [0.2, 0.25) is 10.0 Å². The van der Waals surface area contributed by atoms with Crippen molar-refractivity contribution in [3.05, 3.63) is 33.8 Å². The van der Waals surface area contributed by atoms with Gasteiger partial charge >= 0.3 is 0 Å². The van der Waals surface area contributed by atoms with E-state index in [1.54, 1.807) is 6.07 Å². The van der Waals surface area contributed by atoms with Crippen molar-refractivity contribution in [2.75, 3.05) is 26.2 Å². The Hall–Kier alpha value is -0.770. The van der Waals surface area contributed by atoms with Crippen LogP contribution >= 0.6 is 23.2 Å². The third-order valence-corrected chi connectivity index (χ3v) is 4.15. The highest BCUT2D eigenvalue weighted by molar-refractivity contribution is 6.35. The Labute approximate surface area is 130 Å². The molecule has 5 heteroatoms. The van der Waals surface area contributed by atoms with Crippen molar-refractivity contribution in [2.45, 2.75) is 25.7 Å². The van der Waals surface area contributed by atoms with E-state index in [4.69, 9.17) is 23.2 Å². The maximum atomic E-state index is 11.8. The summed E-state index contributed by atoms with van der Waals surface area (Å²) in [5.41, 5.74) is 1.08. The lowest BCUT2D eigenvalue weighted by Crippen LogP contribution is -2.31. The molecule has 0 bridgehead atoms. The third-order valence-electron chi connectivity index (χ3n) is 3.56. The van der Waals surface area contributed by atoms with E-state index < -0.39 is 0 Å². The maximum Gasteiger partial charge on any atom is 0.223 e. The summed E-state index contributed by atoms with van der Waals surface area (Å²) in [6.45, 7) is 3.40. The Bertz CT molecular complexity index is 459. The molecule has 0 unspecified atom stereocenters. The summed E-state index contributed by atoms with van der Waals surface area (Å²) in [6, 6.07) is 5.55. The number of hydrogen-bond donors (Lipinski definition) is 1.